The van der Waals surface area contributed by atoms with Crippen LogP contribution in [0, 0.1) is 0 Å². The Hall–Kier alpha value is -0.540. The van der Waals surface area contributed by atoms with E-state index in [1.807, 2.05) is 30.0 Å². The van der Waals surface area contributed by atoms with Crippen molar-refractivity contribution in [3.05, 3.63) is 23.2 Å². The van der Waals surface area contributed by atoms with Crippen LogP contribution in [-0.2, 0) is 0 Å². The third-order valence-electron chi connectivity index (χ3n) is 3.17. The quantitative estimate of drug-likeness (QED) is 0.790. The molecular formula is C13H19ClN2S. The van der Waals surface area contributed by atoms with Crippen LogP contribution in [-0.4, -0.2) is 23.6 Å². The maximum atomic E-state index is 6.26. The number of para-hydroxylation sites is 1. The minimum Gasteiger partial charge on any atom is -0.397 e. The molecule has 1 saturated heterocycles. The molecule has 2 N–H and O–H groups in total. The molecule has 0 spiro atoms. The van der Waals surface area contributed by atoms with Gasteiger partial charge in [0.1, 0.15) is 0 Å². The van der Waals surface area contributed by atoms with Crippen LogP contribution in [0.25, 0.3) is 0 Å². The molecule has 0 saturated carbocycles. The summed E-state index contributed by atoms with van der Waals surface area (Å²) in [6.45, 7) is 6.64. The van der Waals surface area contributed by atoms with E-state index in [0.29, 0.717) is 4.75 Å². The molecule has 94 valence electrons. The Morgan fingerprint density at radius 1 is 1.35 bits per heavy atom. The van der Waals surface area contributed by atoms with Gasteiger partial charge in [-0.05, 0) is 18.6 Å². The van der Waals surface area contributed by atoms with Gasteiger partial charge >= 0.3 is 0 Å². The monoisotopic (exact) mass is 270 g/mol. The Bertz CT molecular complexity index is 386. The van der Waals surface area contributed by atoms with E-state index in [1.54, 1.807) is 0 Å². The number of hydrogen-bond donors (Lipinski definition) is 1. The van der Waals surface area contributed by atoms with Crippen molar-refractivity contribution in [3.63, 3.8) is 0 Å². The molecule has 0 atom stereocenters. The molecule has 1 aliphatic rings. The molecule has 0 aliphatic carbocycles. The van der Waals surface area contributed by atoms with E-state index in [-0.39, 0.29) is 0 Å². The third kappa shape index (κ3) is 3.02. The molecule has 0 bridgehead atoms. The predicted octanol–water partition coefficient (Wildman–Crippen LogP) is 3.64. The predicted molar refractivity (Wildman–Crippen MR) is 79.2 cm³/mol. The molecule has 0 aromatic heterocycles. The Labute approximate surface area is 113 Å². The molecule has 1 aromatic carbocycles. The molecule has 1 aliphatic heterocycles. The highest BCUT2D eigenvalue weighted by atomic mass is 35.5. The van der Waals surface area contributed by atoms with Crippen LogP contribution >= 0.6 is 23.4 Å². The number of nitrogens with two attached hydrogens (primary N) is 1. The van der Waals surface area contributed by atoms with Gasteiger partial charge in [0, 0.05) is 23.6 Å². The molecule has 0 unspecified atom stereocenters. The highest BCUT2D eigenvalue weighted by Crippen LogP contribution is 2.37. The Morgan fingerprint density at radius 3 is 2.82 bits per heavy atom. The van der Waals surface area contributed by atoms with Crippen molar-refractivity contribution in [2.45, 2.75) is 25.0 Å². The highest BCUT2D eigenvalue weighted by Gasteiger charge is 2.25. The first kappa shape index (κ1) is 12.9. The zero-order valence-corrected chi connectivity index (χ0v) is 11.9. The summed E-state index contributed by atoms with van der Waals surface area (Å²) in [5.74, 6) is 1.12. The van der Waals surface area contributed by atoms with E-state index >= 15 is 0 Å². The zero-order valence-electron chi connectivity index (χ0n) is 10.4. The lowest BCUT2D eigenvalue weighted by Gasteiger charge is -2.26. The Balaban J connectivity index is 2.23. The molecule has 4 heteroatoms. The van der Waals surface area contributed by atoms with Gasteiger partial charge in [-0.3, -0.25) is 0 Å². The number of nitrogen functional groups attached to an aromatic ring is 1. The topological polar surface area (TPSA) is 29.3 Å². The standard InChI is InChI=1S/C13H19ClN2S/c1-13(2)6-7-16(8-9-17-13)12-10(14)4-3-5-11(12)15/h3-5H,6-9,15H2,1-2H3. The van der Waals surface area contributed by atoms with Gasteiger partial charge in [0.2, 0.25) is 0 Å². The molecule has 1 fully saturated rings. The number of hydrogen-bond acceptors (Lipinski definition) is 3. The van der Waals surface area contributed by atoms with Gasteiger partial charge in [-0.2, -0.15) is 11.8 Å². The smallest absolute Gasteiger partial charge is 0.0789 e. The van der Waals surface area contributed by atoms with E-state index in [2.05, 4.69) is 18.7 Å². The first-order valence-corrected chi connectivity index (χ1v) is 7.29. The molecule has 0 radical (unpaired) electrons. The van der Waals surface area contributed by atoms with Crippen LogP contribution in [0.3, 0.4) is 0 Å². The van der Waals surface area contributed by atoms with Crippen molar-refractivity contribution in [1.29, 1.82) is 0 Å². The molecule has 1 heterocycles. The summed E-state index contributed by atoms with van der Waals surface area (Å²) in [4.78, 5) is 2.32. The van der Waals surface area contributed by atoms with Gasteiger partial charge in [0.05, 0.1) is 16.4 Å². The van der Waals surface area contributed by atoms with Crippen LogP contribution in [0.4, 0.5) is 11.4 Å². The summed E-state index contributed by atoms with van der Waals surface area (Å²) in [7, 11) is 0. The Morgan fingerprint density at radius 2 is 2.12 bits per heavy atom. The van der Waals surface area contributed by atoms with Crippen LogP contribution < -0.4 is 10.6 Å². The average Bonchev–Trinajstić information content (AvgIpc) is 2.40. The van der Waals surface area contributed by atoms with E-state index in [4.69, 9.17) is 17.3 Å². The normalized spacial score (nSPS) is 20.1. The maximum Gasteiger partial charge on any atom is 0.0789 e. The number of benzene rings is 1. The fourth-order valence-corrected chi connectivity index (χ4v) is 3.51. The zero-order chi connectivity index (χ0) is 12.5. The van der Waals surface area contributed by atoms with E-state index in [9.17, 15) is 0 Å². The summed E-state index contributed by atoms with van der Waals surface area (Å²) in [5.41, 5.74) is 7.82. The van der Waals surface area contributed by atoms with Crippen LogP contribution in [0.2, 0.25) is 5.02 Å². The SMILES string of the molecule is CC1(C)CCN(c2c(N)cccc2Cl)CCS1. The van der Waals surface area contributed by atoms with E-state index in [0.717, 1.165) is 41.7 Å². The summed E-state index contributed by atoms with van der Waals surface area (Å²) in [6, 6.07) is 5.73. The van der Waals surface area contributed by atoms with Gasteiger partial charge in [-0.15, -0.1) is 0 Å². The van der Waals surface area contributed by atoms with Crippen molar-refractivity contribution in [1.82, 2.24) is 0 Å². The molecule has 1 aromatic rings. The lowest BCUT2D eigenvalue weighted by atomic mass is 10.1. The largest absolute Gasteiger partial charge is 0.397 e. The van der Waals surface area contributed by atoms with Crippen molar-refractivity contribution < 1.29 is 0 Å². The summed E-state index contributed by atoms with van der Waals surface area (Å²) in [5, 5.41) is 0.759. The summed E-state index contributed by atoms with van der Waals surface area (Å²) >= 11 is 8.28. The first-order chi connectivity index (χ1) is 7.99. The lowest BCUT2D eigenvalue weighted by molar-refractivity contribution is 0.638. The third-order valence-corrected chi connectivity index (χ3v) is 4.85. The van der Waals surface area contributed by atoms with Gasteiger partial charge in [-0.25, -0.2) is 0 Å². The first-order valence-electron chi connectivity index (χ1n) is 5.92. The second kappa shape index (κ2) is 4.99. The summed E-state index contributed by atoms with van der Waals surface area (Å²) < 4.78 is 0.352. The van der Waals surface area contributed by atoms with Crippen molar-refractivity contribution in [2.75, 3.05) is 29.5 Å². The average molecular weight is 271 g/mol. The number of nitrogens with zero attached hydrogens (tertiary/aromatic N) is 1. The van der Waals surface area contributed by atoms with Crippen molar-refractivity contribution in [2.24, 2.45) is 0 Å². The number of halogens is 1. The molecule has 17 heavy (non-hydrogen) atoms. The second-order valence-electron chi connectivity index (χ2n) is 5.02. The molecular weight excluding hydrogens is 252 g/mol. The van der Waals surface area contributed by atoms with Crippen molar-refractivity contribution in [3.8, 4) is 0 Å². The van der Waals surface area contributed by atoms with E-state index < -0.39 is 0 Å². The minimum atomic E-state index is 0.352. The fraction of sp³-hybridized carbons (Fsp3) is 0.538. The Kier molecular flexibility index (Phi) is 3.79. The van der Waals surface area contributed by atoms with Gasteiger partial charge in [0.25, 0.3) is 0 Å². The highest BCUT2D eigenvalue weighted by molar-refractivity contribution is 8.00. The second-order valence-corrected chi connectivity index (χ2v) is 7.23. The fourth-order valence-electron chi connectivity index (χ4n) is 2.11. The summed E-state index contributed by atoms with van der Waals surface area (Å²) in [6.07, 6.45) is 1.16. The maximum absolute atomic E-state index is 6.26. The van der Waals surface area contributed by atoms with E-state index in [1.165, 1.54) is 0 Å². The number of thioether (sulfide) groups is 1. The number of rotatable bonds is 1. The molecule has 0 amide bonds. The minimum absolute atomic E-state index is 0.352. The van der Waals surface area contributed by atoms with Crippen LogP contribution in [0.1, 0.15) is 20.3 Å². The van der Waals surface area contributed by atoms with Crippen molar-refractivity contribution >= 4 is 34.7 Å². The molecule has 2 nitrogen and oxygen atoms in total. The van der Waals surface area contributed by atoms with Gasteiger partial charge < -0.3 is 10.6 Å². The lowest BCUT2D eigenvalue weighted by Crippen LogP contribution is -2.27. The number of anilines is 2. The van der Waals surface area contributed by atoms with Crippen LogP contribution in [0.5, 0.6) is 0 Å². The molecule has 2 rings (SSSR count). The van der Waals surface area contributed by atoms with Gasteiger partial charge in [-0.1, -0.05) is 31.5 Å². The van der Waals surface area contributed by atoms with Crippen LogP contribution in [0.15, 0.2) is 18.2 Å². The van der Waals surface area contributed by atoms with Gasteiger partial charge in [0.15, 0.2) is 0 Å².